The number of carbonyl (C=O) groups excluding carboxylic acids is 1. The zero-order valence-corrected chi connectivity index (χ0v) is 15.0. The van der Waals surface area contributed by atoms with Crippen molar-refractivity contribution in [3.8, 4) is 0 Å². The van der Waals surface area contributed by atoms with Crippen molar-refractivity contribution in [2.75, 3.05) is 6.16 Å². The summed E-state index contributed by atoms with van der Waals surface area (Å²) in [6, 6.07) is 11.9. The van der Waals surface area contributed by atoms with Gasteiger partial charge in [0.25, 0.3) is 5.91 Å². The summed E-state index contributed by atoms with van der Waals surface area (Å²) in [6.07, 6.45) is -0.0544. The van der Waals surface area contributed by atoms with Crippen molar-refractivity contribution in [3.63, 3.8) is 0 Å². The number of amides is 1. The lowest BCUT2D eigenvalue weighted by Gasteiger charge is -2.24. The molecule has 0 heterocycles. The average Bonchev–Trinajstić information content (AvgIpc) is 2.60. The third kappa shape index (κ3) is 4.48. The maximum atomic E-state index is 12.6. The normalized spacial score (nSPS) is 14.4. The SMILES string of the molecule is CCP(=O)(O)C(NC(=O)c1ccccc1C(=O)O)c1ccc(Cl)cc1. The van der Waals surface area contributed by atoms with E-state index >= 15 is 0 Å². The topological polar surface area (TPSA) is 104 Å². The highest BCUT2D eigenvalue weighted by Crippen LogP contribution is 2.53. The molecular weight excluding hydrogens is 365 g/mol. The summed E-state index contributed by atoms with van der Waals surface area (Å²) in [6.45, 7) is 1.54. The smallest absolute Gasteiger partial charge is 0.336 e. The van der Waals surface area contributed by atoms with Crippen LogP contribution in [0, 0.1) is 0 Å². The molecule has 3 N–H and O–H groups in total. The number of carboxylic acids is 1. The summed E-state index contributed by atoms with van der Waals surface area (Å²) in [5.41, 5.74) is 0.155. The molecule has 0 aromatic heterocycles. The second kappa shape index (κ2) is 7.83. The number of rotatable bonds is 6. The molecule has 2 aromatic carbocycles. The van der Waals surface area contributed by atoms with Crippen LogP contribution in [0.2, 0.25) is 5.02 Å². The largest absolute Gasteiger partial charge is 0.478 e. The first kappa shape index (κ1) is 19.2. The first-order valence-electron chi connectivity index (χ1n) is 7.46. The van der Waals surface area contributed by atoms with Crippen molar-refractivity contribution in [2.45, 2.75) is 12.7 Å². The second-order valence-electron chi connectivity index (χ2n) is 5.35. The van der Waals surface area contributed by atoms with Crippen LogP contribution in [0.1, 0.15) is 39.0 Å². The molecule has 2 rings (SSSR count). The molecule has 0 saturated carbocycles. The average molecular weight is 382 g/mol. The molecule has 0 bridgehead atoms. The summed E-state index contributed by atoms with van der Waals surface area (Å²) < 4.78 is 12.5. The van der Waals surface area contributed by atoms with Crippen molar-refractivity contribution in [1.82, 2.24) is 5.32 Å². The van der Waals surface area contributed by atoms with Gasteiger partial charge in [-0.05, 0) is 29.8 Å². The van der Waals surface area contributed by atoms with E-state index in [4.69, 9.17) is 11.6 Å². The van der Waals surface area contributed by atoms with Crippen LogP contribution in [0.3, 0.4) is 0 Å². The minimum absolute atomic E-state index is 0.0544. The minimum atomic E-state index is -3.76. The number of carboxylic acid groups (broad SMARTS) is 1. The fourth-order valence-electron chi connectivity index (χ4n) is 2.31. The molecule has 8 heteroatoms. The van der Waals surface area contributed by atoms with Gasteiger partial charge in [0.15, 0.2) is 0 Å². The minimum Gasteiger partial charge on any atom is -0.478 e. The van der Waals surface area contributed by atoms with Crippen molar-refractivity contribution < 1.29 is 24.2 Å². The van der Waals surface area contributed by atoms with Crippen molar-refractivity contribution in [1.29, 1.82) is 0 Å². The van der Waals surface area contributed by atoms with Crippen LogP contribution in [0.4, 0.5) is 0 Å². The molecule has 132 valence electrons. The second-order valence-corrected chi connectivity index (χ2v) is 8.45. The fourth-order valence-corrected chi connectivity index (χ4v) is 3.76. The standard InChI is InChI=1S/C17H17ClNO5P/c1-2-25(23,24)16(11-7-9-12(18)10-8-11)19-15(20)13-5-3-4-6-14(13)17(21)22/h3-10,16H,2H2,1H3,(H,19,20)(H,21,22)(H,23,24). The van der Waals surface area contributed by atoms with Gasteiger partial charge in [-0.2, -0.15) is 0 Å². The molecule has 1 amide bonds. The van der Waals surface area contributed by atoms with Gasteiger partial charge < -0.3 is 15.3 Å². The summed E-state index contributed by atoms with van der Waals surface area (Å²) in [5.74, 6) is -3.15. The number of nitrogens with one attached hydrogen (secondary N) is 1. The van der Waals surface area contributed by atoms with E-state index in [1.165, 1.54) is 24.3 Å². The Labute approximate surface area is 149 Å². The maximum absolute atomic E-state index is 12.6. The molecule has 0 fully saturated rings. The van der Waals surface area contributed by atoms with Crippen molar-refractivity contribution in [2.24, 2.45) is 0 Å². The van der Waals surface area contributed by atoms with Gasteiger partial charge in [0.2, 0.25) is 7.37 Å². The molecule has 2 atom stereocenters. The number of carbonyl (C=O) groups is 2. The van der Waals surface area contributed by atoms with Crippen LogP contribution in [-0.4, -0.2) is 28.0 Å². The van der Waals surface area contributed by atoms with E-state index < -0.39 is 25.0 Å². The number of aromatic carboxylic acids is 1. The summed E-state index contributed by atoms with van der Waals surface area (Å²) in [4.78, 5) is 34.1. The number of halogens is 1. The molecular formula is C17H17ClNO5P. The first-order valence-corrected chi connectivity index (χ1v) is 9.75. The van der Waals surface area contributed by atoms with E-state index in [9.17, 15) is 24.2 Å². The zero-order valence-electron chi connectivity index (χ0n) is 13.3. The van der Waals surface area contributed by atoms with Gasteiger partial charge in [-0.3, -0.25) is 9.36 Å². The quantitative estimate of drug-likeness (QED) is 0.661. The Morgan fingerprint density at radius 3 is 2.20 bits per heavy atom. The lowest BCUT2D eigenvalue weighted by Crippen LogP contribution is -2.30. The Balaban J connectivity index is 2.41. The van der Waals surface area contributed by atoms with Crippen LogP contribution in [-0.2, 0) is 4.57 Å². The monoisotopic (exact) mass is 381 g/mol. The fraction of sp³-hybridized carbons (Fsp3) is 0.176. The molecule has 25 heavy (non-hydrogen) atoms. The first-order chi connectivity index (χ1) is 11.8. The Morgan fingerprint density at radius 2 is 1.68 bits per heavy atom. The third-order valence-electron chi connectivity index (χ3n) is 3.71. The van der Waals surface area contributed by atoms with Gasteiger partial charge in [-0.1, -0.05) is 42.8 Å². The molecule has 2 unspecified atom stereocenters. The Hall–Kier alpha value is -2.14. The highest BCUT2D eigenvalue weighted by atomic mass is 35.5. The van der Waals surface area contributed by atoms with Crippen LogP contribution in [0.25, 0.3) is 0 Å². The highest BCUT2D eigenvalue weighted by Gasteiger charge is 2.33. The Bertz CT molecular complexity index is 837. The van der Waals surface area contributed by atoms with Crippen LogP contribution in [0.5, 0.6) is 0 Å². The molecule has 0 spiro atoms. The lowest BCUT2D eigenvalue weighted by atomic mass is 10.1. The van der Waals surface area contributed by atoms with E-state index in [2.05, 4.69) is 5.32 Å². The van der Waals surface area contributed by atoms with E-state index in [0.29, 0.717) is 10.6 Å². The molecule has 0 saturated heterocycles. The summed E-state index contributed by atoms with van der Waals surface area (Å²) in [5, 5.41) is 12.2. The predicted molar refractivity (Wildman–Crippen MR) is 95.4 cm³/mol. The van der Waals surface area contributed by atoms with Crippen LogP contribution >= 0.6 is 19.0 Å². The van der Waals surface area contributed by atoms with Gasteiger partial charge in [-0.15, -0.1) is 0 Å². The Kier molecular flexibility index (Phi) is 6.01. The third-order valence-corrected chi connectivity index (χ3v) is 6.10. The van der Waals surface area contributed by atoms with Crippen LogP contribution in [0.15, 0.2) is 48.5 Å². The number of hydrogen-bond donors (Lipinski definition) is 3. The van der Waals surface area contributed by atoms with Crippen molar-refractivity contribution in [3.05, 3.63) is 70.2 Å². The predicted octanol–water partition coefficient (Wildman–Crippen LogP) is 3.76. The van der Waals surface area contributed by atoms with Gasteiger partial charge in [-0.25, -0.2) is 4.79 Å². The van der Waals surface area contributed by atoms with Gasteiger partial charge >= 0.3 is 5.97 Å². The lowest BCUT2D eigenvalue weighted by molar-refractivity contribution is 0.0691. The highest BCUT2D eigenvalue weighted by molar-refractivity contribution is 7.58. The molecule has 2 aromatic rings. The zero-order chi connectivity index (χ0) is 18.6. The van der Waals surface area contributed by atoms with E-state index in [-0.39, 0.29) is 17.3 Å². The van der Waals surface area contributed by atoms with Gasteiger partial charge in [0.05, 0.1) is 11.1 Å². The molecule has 0 radical (unpaired) electrons. The summed E-state index contributed by atoms with van der Waals surface area (Å²) in [7, 11) is -3.76. The number of hydrogen-bond acceptors (Lipinski definition) is 3. The molecule has 6 nitrogen and oxygen atoms in total. The van der Waals surface area contributed by atoms with E-state index in [1.807, 2.05) is 0 Å². The van der Waals surface area contributed by atoms with Crippen molar-refractivity contribution >= 4 is 30.8 Å². The van der Waals surface area contributed by atoms with Gasteiger partial charge in [0, 0.05) is 11.2 Å². The Morgan fingerprint density at radius 1 is 1.12 bits per heavy atom. The van der Waals surface area contributed by atoms with Gasteiger partial charge in [0.1, 0.15) is 5.78 Å². The number of benzene rings is 2. The molecule has 0 aliphatic heterocycles. The van der Waals surface area contributed by atoms with E-state index in [1.54, 1.807) is 31.2 Å². The van der Waals surface area contributed by atoms with Crippen LogP contribution < -0.4 is 5.32 Å². The maximum Gasteiger partial charge on any atom is 0.336 e. The molecule has 0 aliphatic carbocycles. The van der Waals surface area contributed by atoms with E-state index in [0.717, 1.165) is 0 Å². The summed E-state index contributed by atoms with van der Waals surface area (Å²) >= 11 is 5.84. The molecule has 0 aliphatic rings.